The van der Waals surface area contributed by atoms with Crippen molar-refractivity contribution in [1.82, 2.24) is 15.5 Å². The molecule has 1 N–H and O–H groups in total. The van der Waals surface area contributed by atoms with Gasteiger partial charge in [0.2, 0.25) is 5.88 Å². The minimum atomic E-state index is -0.598. The molecule has 0 bridgehead atoms. The molecular formula is C11H17N3O2S. The van der Waals surface area contributed by atoms with E-state index in [9.17, 15) is 4.21 Å². The van der Waals surface area contributed by atoms with Crippen LogP contribution < -0.4 is 10.1 Å². The van der Waals surface area contributed by atoms with Gasteiger partial charge in [-0.3, -0.25) is 4.21 Å². The largest absolute Gasteiger partial charge is 0.480 e. The van der Waals surface area contributed by atoms with Crippen molar-refractivity contribution in [3.05, 3.63) is 17.8 Å². The van der Waals surface area contributed by atoms with Crippen LogP contribution in [0.15, 0.2) is 12.1 Å². The van der Waals surface area contributed by atoms with E-state index in [1.165, 1.54) is 0 Å². The van der Waals surface area contributed by atoms with E-state index in [0.717, 1.165) is 30.0 Å². The van der Waals surface area contributed by atoms with Crippen molar-refractivity contribution in [2.45, 2.75) is 25.4 Å². The molecule has 6 heteroatoms. The second-order valence-electron chi connectivity index (χ2n) is 4.07. The summed E-state index contributed by atoms with van der Waals surface area (Å²) in [6.45, 7) is 0.703. The van der Waals surface area contributed by atoms with Gasteiger partial charge >= 0.3 is 0 Å². The van der Waals surface area contributed by atoms with Gasteiger partial charge in [-0.05, 0) is 18.9 Å². The summed E-state index contributed by atoms with van der Waals surface area (Å²) in [5.74, 6) is 2.15. The molecule has 0 saturated carbocycles. The number of nitrogens with zero attached hydrogens (tertiary/aromatic N) is 2. The number of methoxy groups -OCH3 is 1. The summed E-state index contributed by atoms with van der Waals surface area (Å²) in [5.41, 5.74) is 0.900. The summed E-state index contributed by atoms with van der Waals surface area (Å²) >= 11 is 0. The van der Waals surface area contributed by atoms with Crippen molar-refractivity contribution in [1.29, 1.82) is 0 Å². The fraction of sp³-hybridized carbons (Fsp3) is 0.636. The second kappa shape index (κ2) is 6.07. The van der Waals surface area contributed by atoms with Crippen LogP contribution in [0.3, 0.4) is 0 Å². The zero-order valence-corrected chi connectivity index (χ0v) is 10.7. The first kappa shape index (κ1) is 12.4. The number of hydrogen-bond acceptors (Lipinski definition) is 5. The molecule has 0 amide bonds. The normalized spacial score (nSPS) is 24.5. The maximum atomic E-state index is 11.2. The first-order valence-corrected chi connectivity index (χ1v) is 7.21. The molecule has 2 heterocycles. The molecular weight excluding hydrogens is 238 g/mol. The van der Waals surface area contributed by atoms with Gasteiger partial charge in [-0.15, -0.1) is 5.10 Å². The molecule has 94 valence electrons. The van der Waals surface area contributed by atoms with Crippen LogP contribution >= 0.6 is 0 Å². The van der Waals surface area contributed by atoms with Crippen LogP contribution in [0.1, 0.15) is 18.5 Å². The predicted molar refractivity (Wildman–Crippen MR) is 66.3 cm³/mol. The SMILES string of the molecule is COc1ccc(CNC2CCS(=O)CC2)nn1. The maximum absolute atomic E-state index is 11.2. The zero-order valence-electron chi connectivity index (χ0n) is 9.89. The lowest BCUT2D eigenvalue weighted by Crippen LogP contribution is -2.35. The molecule has 1 aliphatic rings. The lowest BCUT2D eigenvalue weighted by molar-refractivity contribution is 0.390. The highest BCUT2D eigenvalue weighted by atomic mass is 32.2. The van der Waals surface area contributed by atoms with Crippen molar-refractivity contribution in [3.8, 4) is 5.88 Å². The molecule has 1 saturated heterocycles. The Morgan fingerprint density at radius 3 is 2.76 bits per heavy atom. The molecule has 0 aromatic carbocycles. The molecule has 1 aliphatic heterocycles. The average Bonchev–Trinajstić information content (AvgIpc) is 2.39. The summed E-state index contributed by atoms with van der Waals surface area (Å²) in [7, 11) is 0.976. The quantitative estimate of drug-likeness (QED) is 0.848. The van der Waals surface area contributed by atoms with Crippen LogP contribution in [0.5, 0.6) is 5.88 Å². The molecule has 5 nitrogen and oxygen atoms in total. The van der Waals surface area contributed by atoms with Gasteiger partial charge in [0.1, 0.15) is 0 Å². The van der Waals surface area contributed by atoms with Gasteiger partial charge in [0.05, 0.1) is 12.8 Å². The predicted octanol–water partition coefficient (Wildman–Crippen LogP) is 0.486. The Kier molecular flexibility index (Phi) is 4.44. The topological polar surface area (TPSA) is 64.1 Å². The highest BCUT2D eigenvalue weighted by molar-refractivity contribution is 7.85. The number of aromatic nitrogens is 2. The van der Waals surface area contributed by atoms with Crippen LogP contribution in [0.2, 0.25) is 0 Å². The monoisotopic (exact) mass is 255 g/mol. The van der Waals surface area contributed by atoms with Crippen LogP contribution in [-0.4, -0.2) is 39.1 Å². The third kappa shape index (κ3) is 3.74. The molecule has 1 aromatic heterocycles. The molecule has 0 atom stereocenters. The van der Waals surface area contributed by atoms with Crippen molar-refractivity contribution in [3.63, 3.8) is 0 Å². The highest BCUT2D eigenvalue weighted by Crippen LogP contribution is 2.10. The van der Waals surface area contributed by atoms with Gasteiger partial charge < -0.3 is 10.1 Å². The summed E-state index contributed by atoms with van der Waals surface area (Å²) in [6.07, 6.45) is 1.96. The van der Waals surface area contributed by atoms with Crippen molar-refractivity contribution >= 4 is 10.8 Å². The Labute approximate surface area is 103 Å². The van der Waals surface area contributed by atoms with Gasteiger partial charge in [-0.25, -0.2) is 0 Å². The van der Waals surface area contributed by atoms with Crippen LogP contribution in [0.4, 0.5) is 0 Å². The van der Waals surface area contributed by atoms with Crippen molar-refractivity contribution in [2.24, 2.45) is 0 Å². The number of ether oxygens (including phenoxy) is 1. The molecule has 0 radical (unpaired) electrons. The Bertz CT molecular complexity index is 373. The molecule has 0 spiro atoms. The fourth-order valence-electron chi connectivity index (χ4n) is 1.80. The third-order valence-corrected chi connectivity index (χ3v) is 4.25. The lowest BCUT2D eigenvalue weighted by Gasteiger charge is -2.22. The Morgan fingerprint density at radius 1 is 1.41 bits per heavy atom. The van der Waals surface area contributed by atoms with Gasteiger partial charge in [-0.1, -0.05) is 0 Å². The van der Waals surface area contributed by atoms with E-state index in [1.54, 1.807) is 13.2 Å². The standard InChI is InChI=1S/C11H17N3O2S/c1-16-11-3-2-10(13-14-11)8-12-9-4-6-17(15)7-5-9/h2-3,9,12H,4-8H2,1H3. The van der Waals surface area contributed by atoms with E-state index in [2.05, 4.69) is 15.5 Å². The lowest BCUT2D eigenvalue weighted by atomic mass is 10.1. The number of rotatable bonds is 4. The van der Waals surface area contributed by atoms with Crippen LogP contribution in [0.25, 0.3) is 0 Å². The fourth-order valence-corrected chi connectivity index (χ4v) is 3.10. The van der Waals surface area contributed by atoms with E-state index in [4.69, 9.17) is 4.74 Å². The maximum Gasteiger partial charge on any atom is 0.233 e. The van der Waals surface area contributed by atoms with E-state index >= 15 is 0 Å². The summed E-state index contributed by atoms with van der Waals surface area (Å²) < 4.78 is 16.1. The van der Waals surface area contributed by atoms with Gasteiger partial charge in [0.15, 0.2) is 0 Å². The van der Waals surface area contributed by atoms with E-state index in [0.29, 0.717) is 18.5 Å². The Hall–Kier alpha value is -1.01. The van der Waals surface area contributed by atoms with E-state index in [-0.39, 0.29) is 0 Å². The molecule has 1 aromatic rings. The van der Waals surface area contributed by atoms with Gasteiger partial charge in [0.25, 0.3) is 0 Å². The highest BCUT2D eigenvalue weighted by Gasteiger charge is 2.17. The van der Waals surface area contributed by atoms with E-state index in [1.807, 2.05) is 6.07 Å². The van der Waals surface area contributed by atoms with Crippen LogP contribution in [-0.2, 0) is 17.3 Å². The van der Waals surface area contributed by atoms with Gasteiger partial charge in [-0.2, -0.15) is 5.10 Å². The van der Waals surface area contributed by atoms with Crippen LogP contribution in [0, 0.1) is 0 Å². The Balaban J connectivity index is 1.79. The summed E-state index contributed by atoms with van der Waals surface area (Å²) in [6, 6.07) is 4.16. The molecule has 2 rings (SSSR count). The number of nitrogens with one attached hydrogen (secondary N) is 1. The number of hydrogen-bond donors (Lipinski definition) is 1. The summed E-state index contributed by atoms with van der Waals surface area (Å²) in [5, 5.41) is 11.4. The molecule has 0 aliphatic carbocycles. The second-order valence-corrected chi connectivity index (χ2v) is 5.77. The minimum absolute atomic E-state index is 0.455. The first-order chi connectivity index (χ1) is 8.28. The van der Waals surface area contributed by atoms with Gasteiger partial charge in [0, 0.05) is 41.0 Å². The smallest absolute Gasteiger partial charge is 0.233 e. The molecule has 17 heavy (non-hydrogen) atoms. The van der Waals surface area contributed by atoms with Crippen molar-refractivity contribution < 1.29 is 8.95 Å². The zero-order chi connectivity index (χ0) is 12.1. The average molecular weight is 255 g/mol. The molecule has 0 unspecified atom stereocenters. The van der Waals surface area contributed by atoms with E-state index < -0.39 is 10.8 Å². The minimum Gasteiger partial charge on any atom is -0.480 e. The first-order valence-electron chi connectivity index (χ1n) is 5.73. The Morgan fingerprint density at radius 2 is 2.18 bits per heavy atom. The third-order valence-electron chi connectivity index (χ3n) is 2.86. The summed E-state index contributed by atoms with van der Waals surface area (Å²) in [4.78, 5) is 0. The van der Waals surface area contributed by atoms with Crippen molar-refractivity contribution in [2.75, 3.05) is 18.6 Å². The molecule has 1 fully saturated rings.